The molecule has 0 aliphatic heterocycles. The maximum absolute atomic E-state index is 12.5. The molecule has 5 nitrogen and oxygen atoms in total. The van der Waals surface area contributed by atoms with E-state index in [1.807, 2.05) is 60.0 Å². The highest BCUT2D eigenvalue weighted by atomic mass is 32.2. The van der Waals surface area contributed by atoms with Gasteiger partial charge >= 0.3 is 0 Å². The molecule has 130 valence electrons. The van der Waals surface area contributed by atoms with E-state index in [2.05, 4.69) is 20.3 Å². The smallest absolute Gasteiger partial charge is 0.231 e. The summed E-state index contributed by atoms with van der Waals surface area (Å²) in [6, 6.07) is 17.5. The summed E-state index contributed by atoms with van der Waals surface area (Å²) in [4.78, 5) is 24.6. The molecule has 1 amide bonds. The van der Waals surface area contributed by atoms with Crippen molar-refractivity contribution in [2.75, 3.05) is 5.75 Å². The minimum Gasteiger partial charge on any atom is -0.342 e. The summed E-state index contributed by atoms with van der Waals surface area (Å²) >= 11 is 2.93. The van der Waals surface area contributed by atoms with Crippen molar-refractivity contribution in [3.63, 3.8) is 0 Å². The Labute approximate surface area is 158 Å². The minimum atomic E-state index is -0.236. The Morgan fingerprint density at radius 3 is 2.73 bits per heavy atom. The number of carbonyl (C=O) groups excluding carboxylic acids is 1. The van der Waals surface area contributed by atoms with Crippen molar-refractivity contribution in [1.29, 1.82) is 0 Å². The van der Waals surface area contributed by atoms with Gasteiger partial charge in [-0.3, -0.25) is 4.79 Å². The number of nitrogens with zero attached hydrogens (tertiary/aromatic N) is 2. The predicted molar refractivity (Wildman–Crippen MR) is 105 cm³/mol. The molecule has 2 aromatic heterocycles. The van der Waals surface area contributed by atoms with Crippen LogP contribution in [0.1, 0.15) is 16.6 Å². The third-order valence-corrected chi connectivity index (χ3v) is 5.56. The number of para-hydroxylation sites is 2. The summed E-state index contributed by atoms with van der Waals surface area (Å²) in [6.07, 6.45) is 1.76. The number of amides is 1. The van der Waals surface area contributed by atoms with Crippen molar-refractivity contribution in [3.8, 4) is 0 Å². The van der Waals surface area contributed by atoms with Gasteiger partial charge in [-0.1, -0.05) is 54.2 Å². The SMILES string of the molecule is O=C(CSc1nc2ccccc2[nH]1)NC(c1ccccc1)c1nccs1. The molecule has 0 radical (unpaired) electrons. The second kappa shape index (κ2) is 7.72. The number of aromatic nitrogens is 3. The van der Waals surface area contributed by atoms with Gasteiger partial charge in [0, 0.05) is 11.6 Å². The number of carbonyl (C=O) groups is 1. The number of imidazole rings is 1. The number of rotatable bonds is 6. The quantitative estimate of drug-likeness (QED) is 0.496. The third-order valence-electron chi connectivity index (χ3n) is 3.84. The monoisotopic (exact) mass is 380 g/mol. The molecule has 0 aliphatic rings. The lowest BCUT2D eigenvalue weighted by atomic mass is 10.1. The summed E-state index contributed by atoms with van der Waals surface area (Å²) in [5.41, 5.74) is 2.89. The number of aromatic amines is 1. The molecule has 2 N–H and O–H groups in total. The number of nitrogens with one attached hydrogen (secondary N) is 2. The second-order valence-electron chi connectivity index (χ2n) is 5.63. The number of H-pyrrole nitrogens is 1. The van der Waals surface area contributed by atoms with Crippen molar-refractivity contribution in [1.82, 2.24) is 20.3 Å². The van der Waals surface area contributed by atoms with Gasteiger partial charge in [0.1, 0.15) is 11.0 Å². The van der Waals surface area contributed by atoms with Gasteiger partial charge in [0.15, 0.2) is 5.16 Å². The first-order chi connectivity index (χ1) is 12.8. The third kappa shape index (κ3) is 3.79. The van der Waals surface area contributed by atoms with Gasteiger partial charge < -0.3 is 10.3 Å². The van der Waals surface area contributed by atoms with Crippen LogP contribution in [-0.4, -0.2) is 26.6 Å². The molecule has 0 saturated heterocycles. The van der Waals surface area contributed by atoms with Gasteiger partial charge in [0.05, 0.1) is 16.8 Å². The van der Waals surface area contributed by atoms with E-state index in [9.17, 15) is 4.79 Å². The lowest BCUT2D eigenvalue weighted by Gasteiger charge is -2.16. The first-order valence-electron chi connectivity index (χ1n) is 8.11. The fourth-order valence-electron chi connectivity index (χ4n) is 2.64. The molecule has 1 atom stereocenters. The molecular weight excluding hydrogens is 364 g/mol. The zero-order chi connectivity index (χ0) is 17.8. The standard InChI is InChI=1S/C19H16N4OS2/c24-16(12-26-19-21-14-8-4-5-9-15(14)22-19)23-17(18-20-10-11-25-18)13-6-2-1-3-7-13/h1-11,17H,12H2,(H,21,22)(H,23,24). The Hall–Kier alpha value is -2.64. The molecule has 1 unspecified atom stereocenters. The molecule has 4 rings (SSSR count). The number of benzene rings is 2. The van der Waals surface area contributed by atoms with Crippen LogP contribution in [0.5, 0.6) is 0 Å². The number of hydrogen-bond donors (Lipinski definition) is 2. The van der Waals surface area contributed by atoms with Crippen molar-refractivity contribution in [2.45, 2.75) is 11.2 Å². The Balaban J connectivity index is 1.45. The summed E-state index contributed by atoms with van der Waals surface area (Å²) < 4.78 is 0. The highest BCUT2D eigenvalue weighted by molar-refractivity contribution is 7.99. The molecule has 0 saturated carbocycles. The topological polar surface area (TPSA) is 70.7 Å². The normalized spacial score (nSPS) is 12.2. The van der Waals surface area contributed by atoms with Crippen molar-refractivity contribution < 1.29 is 4.79 Å². The summed E-state index contributed by atoms with van der Waals surface area (Å²) in [6.45, 7) is 0. The fraction of sp³-hybridized carbons (Fsp3) is 0.105. The zero-order valence-electron chi connectivity index (χ0n) is 13.8. The second-order valence-corrected chi connectivity index (χ2v) is 7.52. The molecule has 26 heavy (non-hydrogen) atoms. The number of fused-ring (bicyclic) bond motifs is 1. The highest BCUT2D eigenvalue weighted by Crippen LogP contribution is 2.24. The number of thiazole rings is 1. The van der Waals surface area contributed by atoms with Gasteiger partial charge in [0.25, 0.3) is 0 Å². The summed E-state index contributed by atoms with van der Waals surface area (Å²) in [7, 11) is 0. The van der Waals surface area contributed by atoms with E-state index in [0.29, 0.717) is 0 Å². The van der Waals surface area contributed by atoms with Crippen LogP contribution in [0.25, 0.3) is 11.0 Å². The van der Waals surface area contributed by atoms with E-state index in [1.54, 1.807) is 6.20 Å². The van der Waals surface area contributed by atoms with Gasteiger partial charge in [-0.05, 0) is 17.7 Å². The van der Waals surface area contributed by atoms with Crippen LogP contribution in [0.2, 0.25) is 0 Å². The van der Waals surface area contributed by atoms with Crippen molar-refractivity contribution >= 4 is 40.0 Å². The van der Waals surface area contributed by atoms with Crippen LogP contribution < -0.4 is 5.32 Å². The van der Waals surface area contributed by atoms with Crippen LogP contribution in [0.4, 0.5) is 0 Å². The molecule has 0 fully saturated rings. The average molecular weight is 380 g/mol. The van der Waals surface area contributed by atoms with E-state index >= 15 is 0 Å². The maximum atomic E-state index is 12.5. The lowest BCUT2D eigenvalue weighted by molar-refractivity contribution is -0.119. The Bertz CT molecular complexity index is 966. The van der Waals surface area contributed by atoms with Crippen LogP contribution in [0.15, 0.2) is 71.3 Å². The average Bonchev–Trinajstić information content (AvgIpc) is 3.34. The van der Waals surface area contributed by atoms with Crippen LogP contribution in [0.3, 0.4) is 0 Å². The van der Waals surface area contributed by atoms with E-state index in [-0.39, 0.29) is 17.7 Å². The molecule has 0 aliphatic carbocycles. The van der Waals surface area contributed by atoms with Crippen LogP contribution in [-0.2, 0) is 4.79 Å². The molecule has 2 aromatic carbocycles. The van der Waals surface area contributed by atoms with E-state index in [0.717, 1.165) is 26.8 Å². The first kappa shape index (κ1) is 16.8. The minimum absolute atomic E-state index is 0.0560. The van der Waals surface area contributed by atoms with E-state index in [1.165, 1.54) is 23.1 Å². The van der Waals surface area contributed by atoms with Crippen molar-refractivity contribution in [3.05, 3.63) is 76.7 Å². The Kier molecular flexibility index (Phi) is 4.99. The zero-order valence-corrected chi connectivity index (χ0v) is 15.4. The van der Waals surface area contributed by atoms with Crippen LogP contribution in [0, 0.1) is 0 Å². The van der Waals surface area contributed by atoms with E-state index < -0.39 is 0 Å². The van der Waals surface area contributed by atoms with Gasteiger partial charge in [0.2, 0.25) is 5.91 Å². The molecule has 0 spiro atoms. The highest BCUT2D eigenvalue weighted by Gasteiger charge is 2.19. The molecule has 2 heterocycles. The van der Waals surface area contributed by atoms with Gasteiger partial charge in [-0.2, -0.15) is 0 Å². The fourth-order valence-corrected chi connectivity index (χ4v) is 4.05. The molecular formula is C19H16N4OS2. The lowest BCUT2D eigenvalue weighted by Crippen LogP contribution is -2.30. The maximum Gasteiger partial charge on any atom is 0.231 e. The van der Waals surface area contributed by atoms with Gasteiger partial charge in [-0.15, -0.1) is 11.3 Å². The van der Waals surface area contributed by atoms with Crippen molar-refractivity contribution in [2.24, 2.45) is 0 Å². The summed E-state index contributed by atoms with van der Waals surface area (Å²) in [5.74, 6) is 0.230. The number of hydrogen-bond acceptors (Lipinski definition) is 5. The predicted octanol–water partition coefficient (Wildman–Crippen LogP) is 4.02. The molecule has 0 bridgehead atoms. The first-order valence-corrected chi connectivity index (χ1v) is 9.97. The Morgan fingerprint density at radius 2 is 1.96 bits per heavy atom. The van der Waals surface area contributed by atoms with Gasteiger partial charge in [-0.25, -0.2) is 9.97 Å². The number of thioether (sulfide) groups is 1. The summed E-state index contributed by atoms with van der Waals surface area (Å²) in [5, 5.41) is 6.62. The molecule has 4 aromatic rings. The Morgan fingerprint density at radius 1 is 1.15 bits per heavy atom. The largest absolute Gasteiger partial charge is 0.342 e. The van der Waals surface area contributed by atoms with E-state index in [4.69, 9.17) is 0 Å². The molecule has 7 heteroatoms. The van der Waals surface area contributed by atoms with Crippen LogP contribution >= 0.6 is 23.1 Å².